The molecule has 1 aliphatic rings. The normalized spacial score (nSPS) is 15.9. The molecule has 7 heteroatoms. The van der Waals surface area contributed by atoms with Crippen LogP contribution in [0.3, 0.4) is 0 Å². The minimum atomic E-state index is 0.424. The number of guanidine groups is 1. The van der Waals surface area contributed by atoms with E-state index < -0.39 is 0 Å². The van der Waals surface area contributed by atoms with E-state index in [1.165, 1.54) is 11.3 Å². The van der Waals surface area contributed by atoms with Gasteiger partial charge in [0, 0.05) is 56.7 Å². The number of aryl methyl sites for hydroxylation is 3. The number of hydrogen-bond donors (Lipinski definition) is 2. The zero-order valence-corrected chi connectivity index (χ0v) is 17.1. The number of anilines is 1. The van der Waals surface area contributed by atoms with Crippen molar-refractivity contribution in [1.29, 1.82) is 0 Å². The number of aliphatic imine (C=N–C) groups is 1. The lowest BCUT2D eigenvalue weighted by molar-refractivity contribution is 0.459. The van der Waals surface area contributed by atoms with Crippen molar-refractivity contribution in [2.45, 2.75) is 46.2 Å². The standard InChI is InChI=1S/C20H31N7/c1-14-7-6-8-19(23-14)27-11-9-17(10-12-27)24-20(21-4)22-13-18-15(2)25-26(5)16(18)3/h6-8,17H,9-13H2,1-5H3,(H2,21,22,24). The maximum Gasteiger partial charge on any atom is 0.191 e. The van der Waals surface area contributed by atoms with Crippen LogP contribution in [0, 0.1) is 20.8 Å². The van der Waals surface area contributed by atoms with Crippen LogP contribution in [0.4, 0.5) is 5.82 Å². The summed E-state index contributed by atoms with van der Waals surface area (Å²) in [5, 5.41) is 11.5. The van der Waals surface area contributed by atoms with Crippen LogP contribution in [0.5, 0.6) is 0 Å². The molecule has 2 N–H and O–H groups in total. The average Bonchev–Trinajstić information content (AvgIpc) is 2.91. The smallest absolute Gasteiger partial charge is 0.191 e. The van der Waals surface area contributed by atoms with Crippen molar-refractivity contribution < 1.29 is 0 Å². The van der Waals surface area contributed by atoms with E-state index in [2.05, 4.69) is 56.6 Å². The SMILES string of the molecule is CN=C(NCc1c(C)nn(C)c1C)NC1CCN(c2cccc(C)n2)CC1. The maximum absolute atomic E-state index is 4.64. The molecule has 2 aromatic rings. The molecule has 27 heavy (non-hydrogen) atoms. The van der Waals surface area contributed by atoms with Crippen molar-refractivity contribution in [3.8, 4) is 0 Å². The summed E-state index contributed by atoms with van der Waals surface area (Å²) in [6.45, 7) is 8.94. The van der Waals surface area contributed by atoms with Gasteiger partial charge in [-0.25, -0.2) is 4.98 Å². The third-order valence-electron chi connectivity index (χ3n) is 5.35. The molecule has 1 fully saturated rings. The summed E-state index contributed by atoms with van der Waals surface area (Å²) in [5.41, 5.74) is 4.56. The van der Waals surface area contributed by atoms with Gasteiger partial charge in [-0.2, -0.15) is 5.10 Å². The number of hydrogen-bond acceptors (Lipinski definition) is 4. The van der Waals surface area contributed by atoms with Crippen molar-refractivity contribution in [3.05, 3.63) is 40.8 Å². The van der Waals surface area contributed by atoms with Crippen LogP contribution in [0.2, 0.25) is 0 Å². The van der Waals surface area contributed by atoms with Gasteiger partial charge in [0.2, 0.25) is 0 Å². The fourth-order valence-electron chi connectivity index (χ4n) is 3.59. The highest BCUT2D eigenvalue weighted by Gasteiger charge is 2.21. The highest BCUT2D eigenvalue weighted by Crippen LogP contribution is 2.18. The molecule has 1 aliphatic heterocycles. The molecule has 7 nitrogen and oxygen atoms in total. The molecule has 0 radical (unpaired) electrons. The van der Waals surface area contributed by atoms with Crippen molar-refractivity contribution in [3.63, 3.8) is 0 Å². The summed E-state index contributed by atoms with van der Waals surface area (Å²) < 4.78 is 1.93. The topological polar surface area (TPSA) is 70.4 Å². The maximum atomic E-state index is 4.64. The molecule has 0 unspecified atom stereocenters. The first-order valence-corrected chi connectivity index (χ1v) is 9.62. The van der Waals surface area contributed by atoms with Crippen LogP contribution in [-0.4, -0.2) is 46.9 Å². The van der Waals surface area contributed by atoms with Crippen LogP contribution in [0.25, 0.3) is 0 Å². The van der Waals surface area contributed by atoms with E-state index in [-0.39, 0.29) is 0 Å². The van der Waals surface area contributed by atoms with Gasteiger partial charge in [0.05, 0.1) is 5.69 Å². The summed E-state index contributed by atoms with van der Waals surface area (Å²) in [5.74, 6) is 1.93. The van der Waals surface area contributed by atoms with E-state index in [0.29, 0.717) is 6.04 Å². The number of nitrogens with zero attached hydrogens (tertiary/aromatic N) is 5. The minimum Gasteiger partial charge on any atom is -0.356 e. The first-order chi connectivity index (χ1) is 13.0. The molecule has 0 amide bonds. The zero-order valence-electron chi connectivity index (χ0n) is 17.1. The van der Waals surface area contributed by atoms with E-state index in [4.69, 9.17) is 0 Å². The second-order valence-electron chi connectivity index (χ2n) is 7.24. The fraction of sp³-hybridized carbons (Fsp3) is 0.550. The van der Waals surface area contributed by atoms with Gasteiger partial charge in [-0.15, -0.1) is 0 Å². The van der Waals surface area contributed by atoms with Crippen LogP contribution < -0.4 is 15.5 Å². The van der Waals surface area contributed by atoms with Crippen LogP contribution in [0.1, 0.15) is 35.5 Å². The van der Waals surface area contributed by atoms with Crippen LogP contribution in [-0.2, 0) is 13.6 Å². The molecule has 3 rings (SSSR count). The second kappa shape index (κ2) is 8.41. The van der Waals surface area contributed by atoms with Crippen molar-refractivity contribution in [2.24, 2.45) is 12.0 Å². The Kier molecular flexibility index (Phi) is 5.98. The third kappa shape index (κ3) is 4.59. The zero-order chi connectivity index (χ0) is 19.4. The summed E-state index contributed by atoms with van der Waals surface area (Å²) in [6.07, 6.45) is 2.14. The highest BCUT2D eigenvalue weighted by molar-refractivity contribution is 5.80. The molecule has 2 aromatic heterocycles. The summed E-state index contributed by atoms with van der Waals surface area (Å²) in [6, 6.07) is 6.64. The quantitative estimate of drug-likeness (QED) is 0.638. The van der Waals surface area contributed by atoms with E-state index in [9.17, 15) is 0 Å². The molecule has 0 aliphatic carbocycles. The van der Waals surface area contributed by atoms with Gasteiger partial charge in [0.1, 0.15) is 5.82 Å². The Morgan fingerprint density at radius 2 is 1.96 bits per heavy atom. The van der Waals surface area contributed by atoms with Crippen molar-refractivity contribution in [2.75, 3.05) is 25.0 Å². The number of aromatic nitrogens is 3. The lowest BCUT2D eigenvalue weighted by atomic mass is 10.1. The predicted octanol–water partition coefficient (Wildman–Crippen LogP) is 2.07. The van der Waals surface area contributed by atoms with E-state index in [0.717, 1.165) is 55.6 Å². The Morgan fingerprint density at radius 3 is 2.56 bits per heavy atom. The number of nitrogens with one attached hydrogen (secondary N) is 2. The van der Waals surface area contributed by atoms with Crippen LogP contribution >= 0.6 is 0 Å². The van der Waals surface area contributed by atoms with Gasteiger partial charge in [0.25, 0.3) is 0 Å². The molecule has 0 spiro atoms. The molecule has 0 atom stereocenters. The van der Waals surface area contributed by atoms with E-state index >= 15 is 0 Å². The Labute approximate surface area is 161 Å². The highest BCUT2D eigenvalue weighted by atomic mass is 15.3. The molecule has 0 saturated carbocycles. The Morgan fingerprint density at radius 1 is 1.22 bits per heavy atom. The summed E-state index contributed by atoms with van der Waals surface area (Å²) in [4.78, 5) is 11.4. The Balaban J connectivity index is 1.51. The van der Waals surface area contributed by atoms with Gasteiger partial charge < -0.3 is 15.5 Å². The first-order valence-electron chi connectivity index (χ1n) is 9.62. The molecular weight excluding hydrogens is 338 g/mol. The van der Waals surface area contributed by atoms with Gasteiger partial charge in [-0.05, 0) is 45.7 Å². The molecule has 146 valence electrons. The number of piperidine rings is 1. The molecule has 3 heterocycles. The van der Waals surface area contributed by atoms with Gasteiger partial charge in [-0.3, -0.25) is 9.67 Å². The molecule has 0 aromatic carbocycles. The monoisotopic (exact) mass is 369 g/mol. The van der Waals surface area contributed by atoms with E-state index in [1.807, 2.05) is 31.8 Å². The lowest BCUT2D eigenvalue weighted by Gasteiger charge is -2.34. The molecule has 1 saturated heterocycles. The first kappa shape index (κ1) is 19.2. The Bertz CT molecular complexity index is 801. The number of pyridine rings is 1. The average molecular weight is 370 g/mol. The number of rotatable bonds is 4. The Hall–Kier alpha value is -2.57. The molecule has 0 bridgehead atoms. The van der Waals surface area contributed by atoms with Crippen molar-refractivity contribution >= 4 is 11.8 Å². The summed E-state index contributed by atoms with van der Waals surface area (Å²) >= 11 is 0. The largest absolute Gasteiger partial charge is 0.356 e. The van der Waals surface area contributed by atoms with E-state index in [1.54, 1.807) is 0 Å². The summed E-state index contributed by atoms with van der Waals surface area (Å²) in [7, 11) is 3.81. The van der Waals surface area contributed by atoms with Gasteiger partial charge >= 0.3 is 0 Å². The minimum absolute atomic E-state index is 0.424. The predicted molar refractivity (Wildman–Crippen MR) is 110 cm³/mol. The fourth-order valence-corrected chi connectivity index (χ4v) is 3.59. The van der Waals surface area contributed by atoms with Gasteiger partial charge in [0.15, 0.2) is 5.96 Å². The third-order valence-corrected chi connectivity index (χ3v) is 5.35. The van der Waals surface area contributed by atoms with Crippen molar-refractivity contribution in [1.82, 2.24) is 25.4 Å². The van der Waals surface area contributed by atoms with Gasteiger partial charge in [-0.1, -0.05) is 6.07 Å². The van der Waals surface area contributed by atoms with Crippen LogP contribution in [0.15, 0.2) is 23.2 Å². The second-order valence-corrected chi connectivity index (χ2v) is 7.24. The molecular formula is C20H31N7. The lowest BCUT2D eigenvalue weighted by Crippen LogP contribution is -2.48.